The van der Waals surface area contributed by atoms with Crippen molar-refractivity contribution in [1.82, 2.24) is 0 Å². The molecule has 2 heterocycles. The molecule has 1 N–H and O–H groups in total. The summed E-state index contributed by atoms with van der Waals surface area (Å²) >= 11 is 1.75. The maximum absolute atomic E-state index is 12.0. The molecule has 0 aliphatic rings. The first kappa shape index (κ1) is 7.21. The molecule has 0 fully saturated rings. The number of ether oxygens (including phenoxy) is 1. The van der Waals surface area contributed by atoms with E-state index in [2.05, 4.69) is 4.74 Å². The fourth-order valence-corrected chi connectivity index (χ4v) is 2.70. The number of carbonyl (C=O) groups excluding carboxylic acids is 1. The van der Waals surface area contributed by atoms with Crippen LogP contribution in [0.5, 0.6) is 0 Å². The van der Waals surface area contributed by atoms with Gasteiger partial charge in [0.25, 0.3) is 0 Å². The first-order valence-electron chi connectivity index (χ1n) is 6.25. The number of thiophene rings is 2. The lowest BCUT2D eigenvalue weighted by atomic mass is 10.0. The third-order valence-electron chi connectivity index (χ3n) is 1.98. The maximum atomic E-state index is 12.0. The molecule has 0 spiro atoms. The summed E-state index contributed by atoms with van der Waals surface area (Å²) in [6, 6.07) is -0.826. The summed E-state index contributed by atoms with van der Waals surface area (Å²) in [5.74, 6) is -1.04. The van der Waals surface area contributed by atoms with Crippen LogP contribution in [0.3, 0.4) is 0 Å². The summed E-state index contributed by atoms with van der Waals surface area (Å²) in [6.07, 6.45) is 0. The number of rotatable bonds is 3. The average molecular weight is 258 g/mol. The Labute approximate surface area is 107 Å². The molecule has 0 bridgehead atoms. The molecule has 5 heteroatoms. The summed E-state index contributed by atoms with van der Waals surface area (Å²) in [4.78, 5) is 11.9. The summed E-state index contributed by atoms with van der Waals surface area (Å²) in [5, 5.41) is 13.4. The third-order valence-corrected chi connectivity index (χ3v) is 3.72. The molecule has 0 aliphatic heterocycles. The zero-order valence-electron chi connectivity index (χ0n) is 12.2. The minimum atomic E-state index is -2.32. The molecule has 0 aromatic carbocycles. The molecule has 3 nitrogen and oxygen atoms in total. The van der Waals surface area contributed by atoms with Crippen LogP contribution in [-0.2, 0) is 15.1 Å². The average Bonchev–Trinajstić information content (AvgIpc) is 2.94. The van der Waals surface area contributed by atoms with Crippen LogP contribution in [0.25, 0.3) is 0 Å². The zero-order chi connectivity index (χ0) is 15.1. The van der Waals surface area contributed by atoms with E-state index in [0.717, 1.165) is 29.8 Å². The number of hydrogen-bond acceptors (Lipinski definition) is 5. The van der Waals surface area contributed by atoms with E-state index in [-0.39, 0.29) is 33.9 Å². The van der Waals surface area contributed by atoms with Crippen molar-refractivity contribution in [3.63, 3.8) is 0 Å². The molecule has 0 saturated carbocycles. The number of hydrogen-bond donors (Lipinski definition) is 1. The van der Waals surface area contributed by atoms with Gasteiger partial charge in [-0.25, -0.2) is 4.79 Å². The Morgan fingerprint density at radius 3 is 2.19 bits per heavy atom. The first-order chi connectivity index (χ1) is 9.33. The number of carbonyl (C=O) groups is 1. The summed E-state index contributed by atoms with van der Waals surface area (Å²) in [7, 11) is 1.09. The van der Waals surface area contributed by atoms with Gasteiger partial charge < -0.3 is 9.84 Å². The van der Waals surface area contributed by atoms with E-state index in [0.29, 0.717) is 0 Å². The van der Waals surface area contributed by atoms with Crippen LogP contribution in [0.2, 0.25) is 0 Å². The Bertz CT molecular complexity index is 618. The molecule has 0 atom stereocenters. The maximum Gasteiger partial charge on any atom is 0.349 e. The van der Waals surface area contributed by atoms with Gasteiger partial charge in [0.15, 0.2) is 0 Å². The van der Waals surface area contributed by atoms with Crippen LogP contribution in [0.1, 0.15) is 15.2 Å². The molecular formula is C11H10O3S2. The Balaban J connectivity index is 2.72. The minimum absolute atomic E-state index is 0.0790. The van der Waals surface area contributed by atoms with Gasteiger partial charge in [-0.2, -0.15) is 0 Å². The van der Waals surface area contributed by atoms with Crippen molar-refractivity contribution < 1.29 is 20.1 Å². The van der Waals surface area contributed by atoms with Crippen molar-refractivity contribution in [2.24, 2.45) is 0 Å². The van der Waals surface area contributed by atoms with Crippen molar-refractivity contribution in [2.45, 2.75) is 5.60 Å². The van der Waals surface area contributed by atoms with Crippen LogP contribution in [-0.4, -0.2) is 18.2 Å². The SMILES string of the molecule is [2H]c1csc(C(O)(C(=O)OC)c2scc([2H])c2[2H])c1[2H]. The summed E-state index contributed by atoms with van der Waals surface area (Å²) in [6.45, 7) is 0. The lowest BCUT2D eigenvalue weighted by molar-refractivity contribution is -0.158. The number of methoxy groups -OCH3 is 1. The van der Waals surface area contributed by atoms with Gasteiger partial charge in [-0.1, -0.05) is 12.1 Å². The van der Waals surface area contributed by atoms with Gasteiger partial charge in [0, 0.05) is 0 Å². The Morgan fingerprint density at radius 1 is 1.38 bits per heavy atom. The van der Waals surface area contributed by atoms with E-state index in [4.69, 9.17) is 5.48 Å². The van der Waals surface area contributed by atoms with Gasteiger partial charge in [0.1, 0.15) is 0 Å². The predicted molar refractivity (Wildman–Crippen MR) is 63.7 cm³/mol. The van der Waals surface area contributed by atoms with Gasteiger partial charge in [-0.05, 0) is 22.8 Å². The highest BCUT2D eigenvalue weighted by Gasteiger charge is 2.43. The van der Waals surface area contributed by atoms with Crippen molar-refractivity contribution in [2.75, 3.05) is 7.11 Å². The molecule has 0 amide bonds. The number of esters is 1. The molecule has 0 unspecified atom stereocenters. The van der Waals surface area contributed by atoms with E-state index in [1.165, 1.54) is 10.8 Å². The molecular weight excluding hydrogens is 244 g/mol. The molecule has 2 rings (SSSR count). The van der Waals surface area contributed by atoms with Crippen molar-refractivity contribution in [1.29, 1.82) is 0 Å². The van der Waals surface area contributed by atoms with Gasteiger partial charge in [0.2, 0.25) is 5.60 Å². The highest BCUT2D eigenvalue weighted by atomic mass is 32.1. The van der Waals surface area contributed by atoms with Crippen molar-refractivity contribution in [3.05, 3.63) is 44.7 Å². The second kappa shape index (κ2) is 4.37. The van der Waals surface area contributed by atoms with E-state index in [1.54, 1.807) is 0 Å². The fourth-order valence-electron chi connectivity index (χ4n) is 1.21. The molecule has 84 valence electrons. The van der Waals surface area contributed by atoms with Crippen molar-refractivity contribution >= 4 is 28.6 Å². The molecule has 0 radical (unpaired) electrons. The molecule has 2 aromatic heterocycles. The number of aliphatic hydroxyl groups is 1. The van der Waals surface area contributed by atoms with E-state index in [1.807, 2.05) is 0 Å². The van der Waals surface area contributed by atoms with Gasteiger partial charge in [0.05, 0.1) is 22.3 Å². The molecule has 0 aliphatic carbocycles. The molecule has 0 saturated heterocycles. The lowest BCUT2D eigenvalue weighted by Crippen LogP contribution is -2.36. The Kier molecular flexibility index (Phi) is 1.97. The largest absolute Gasteiger partial charge is 0.466 e. The summed E-state index contributed by atoms with van der Waals surface area (Å²) in [5.41, 5.74) is -2.32. The predicted octanol–water partition coefficient (Wildman–Crippen LogP) is 2.22. The Hall–Kier alpha value is -1.17. The highest BCUT2D eigenvalue weighted by molar-refractivity contribution is 7.12. The van der Waals surface area contributed by atoms with Crippen LogP contribution >= 0.6 is 22.7 Å². The zero-order valence-corrected chi connectivity index (χ0v) is 9.87. The monoisotopic (exact) mass is 258 g/mol. The fraction of sp³-hybridized carbons (Fsp3) is 0.182. The van der Waals surface area contributed by atoms with E-state index >= 15 is 0 Å². The second-order valence-electron chi connectivity index (χ2n) is 2.87. The van der Waals surface area contributed by atoms with Crippen LogP contribution in [0, 0.1) is 0 Å². The minimum Gasteiger partial charge on any atom is -0.466 e. The standard InChI is InChI=1S/C11H10O3S2/c1-14-10(12)11(13,8-4-2-6-15-8)9-5-3-7-16-9/h2-7,13H,1H3/i2D,3D,4D,5D. The topological polar surface area (TPSA) is 46.5 Å². The third kappa shape index (κ3) is 1.67. The van der Waals surface area contributed by atoms with Gasteiger partial charge >= 0.3 is 5.97 Å². The lowest BCUT2D eigenvalue weighted by Gasteiger charge is -2.22. The smallest absolute Gasteiger partial charge is 0.349 e. The van der Waals surface area contributed by atoms with Gasteiger partial charge in [-0.15, -0.1) is 22.7 Å². The van der Waals surface area contributed by atoms with Gasteiger partial charge in [-0.3, -0.25) is 0 Å². The summed E-state index contributed by atoms with van der Waals surface area (Å²) < 4.78 is 35.2. The van der Waals surface area contributed by atoms with Crippen LogP contribution < -0.4 is 0 Å². The molecule has 16 heavy (non-hydrogen) atoms. The normalized spacial score (nSPS) is 14.9. The highest BCUT2D eigenvalue weighted by Crippen LogP contribution is 2.36. The molecule has 2 aromatic rings. The van der Waals surface area contributed by atoms with Crippen LogP contribution in [0.15, 0.2) is 34.9 Å². The quantitative estimate of drug-likeness (QED) is 0.859. The van der Waals surface area contributed by atoms with Crippen molar-refractivity contribution in [3.8, 4) is 0 Å². The van der Waals surface area contributed by atoms with E-state index < -0.39 is 11.6 Å². The van der Waals surface area contributed by atoms with E-state index in [9.17, 15) is 9.90 Å². The van der Waals surface area contributed by atoms with Crippen LogP contribution in [0.4, 0.5) is 0 Å². The first-order valence-corrected chi connectivity index (χ1v) is 6.01. The Morgan fingerprint density at radius 2 is 1.88 bits per heavy atom. The second-order valence-corrected chi connectivity index (χ2v) is 4.63.